The highest BCUT2D eigenvalue weighted by Gasteiger charge is 2.30. The first-order valence-corrected chi connectivity index (χ1v) is 6.04. The van der Waals surface area contributed by atoms with Gasteiger partial charge in [-0.15, -0.1) is 0 Å². The molecule has 3 N–H and O–H groups in total. The molecule has 0 aliphatic heterocycles. The highest BCUT2D eigenvalue weighted by atomic mass is 16.2. The summed E-state index contributed by atoms with van der Waals surface area (Å²) in [7, 11) is 0. The Hall–Kier alpha value is -0.570. The Morgan fingerprint density at radius 3 is 2.53 bits per heavy atom. The maximum atomic E-state index is 11.9. The highest BCUT2D eigenvalue weighted by Crippen LogP contribution is 2.22. The summed E-state index contributed by atoms with van der Waals surface area (Å²) in [6, 6.07) is 0.340. The summed E-state index contributed by atoms with van der Waals surface area (Å²) in [6.45, 7) is 6.01. The lowest BCUT2D eigenvalue weighted by Gasteiger charge is -2.32. The van der Waals surface area contributed by atoms with Crippen molar-refractivity contribution in [3.63, 3.8) is 0 Å². The minimum Gasteiger partial charge on any atom is -0.351 e. The third-order valence-electron chi connectivity index (χ3n) is 3.63. The Labute approximate surface area is 92.8 Å². The van der Waals surface area contributed by atoms with E-state index in [0.717, 1.165) is 19.3 Å². The van der Waals surface area contributed by atoms with E-state index in [1.807, 2.05) is 20.8 Å². The van der Waals surface area contributed by atoms with E-state index >= 15 is 0 Å². The molecular weight excluding hydrogens is 188 g/mol. The second-order valence-corrected chi connectivity index (χ2v) is 5.27. The molecule has 0 aromatic carbocycles. The largest absolute Gasteiger partial charge is 0.351 e. The summed E-state index contributed by atoms with van der Waals surface area (Å²) in [5, 5.41) is 3.10. The van der Waals surface area contributed by atoms with Crippen molar-refractivity contribution >= 4 is 5.91 Å². The van der Waals surface area contributed by atoms with Crippen LogP contribution in [0.5, 0.6) is 0 Å². The minimum absolute atomic E-state index is 0.146. The van der Waals surface area contributed by atoms with Gasteiger partial charge in [-0.1, -0.05) is 33.6 Å². The number of nitrogens with two attached hydrogens (primary N) is 1. The second kappa shape index (κ2) is 4.97. The molecule has 2 unspecified atom stereocenters. The zero-order valence-electron chi connectivity index (χ0n) is 10.2. The Kier molecular flexibility index (Phi) is 4.14. The molecule has 88 valence electrons. The standard InChI is InChI=1S/C12H24N2O/c1-4-12(2,3)11(15)14-10-8-6-5-7-9(10)13/h9-10H,4-8,13H2,1-3H3,(H,14,15). The summed E-state index contributed by atoms with van der Waals surface area (Å²) >= 11 is 0. The number of amides is 1. The maximum absolute atomic E-state index is 11.9. The molecule has 0 bridgehead atoms. The second-order valence-electron chi connectivity index (χ2n) is 5.27. The molecule has 0 radical (unpaired) electrons. The SMILES string of the molecule is CCC(C)(C)C(=O)NC1CCCCC1N. The third kappa shape index (κ3) is 3.20. The average Bonchev–Trinajstić information content (AvgIpc) is 2.21. The van der Waals surface area contributed by atoms with E-state index in [2.05, 4.69) is 5.32 Å². The van der Waals surface area contributed by atoms with E-state index in [0.29, 0.717) is 0 Å². The normalized spacial score (nSPS) is 27.5. The Balaban J connectivity index is 2.50. The van der Waals surface area contributed by atoms with Gasteiger partial charge in [0, 0.05) is 17.5 Å². The van der Waals surface area contributed by atoms with Crippen molar-refractivity contribution in [1.82, 2.24) is 5.32 Å². The molecule has 1 aliphatic rings. The summed E-state index contributed by atoms with van der Waals surface area (Å²) in [4.78, 5) is 11.9. The van der Waals surface area contributed by atoms with Crippen LogP contribution >= 0.6 is 0 Å². The summed E-state index contributed by atoms with van der Waals surface area (Å²) in [5.74, 6) is 0.146. The molecule has 15 heavy (non-hydrogen) atoms. The maximum Gasteiger partial charge on any atom is 0.225 e. The first kappa shape index (κ1) is 12.5. The van der Waals surface area contributed by atoms with Crippen LogP contribution < -0.4 is 11.1 Å². The molecule has 1 amide bonds. The van der Waals surface area contributed by atoms with Crippen LogP contribution in [0.15, 0.2) is 0 Å². The van der Waals surface area contributed by atoms with Crippen LogP contribution in [0.3, 0.4) is 0 Å². The highest BCUT2D eigenvalue weighted by molar-refractivity contribution is 5.82. The van der Waals surface area contributed by atoms with Crippen molar-refractivity contribution < 1.29 is 4.79 Å². The van der Waals surface area contributed by atoms with Gasteiger partial charge in [-0.05, 0) is 19.3 Å². The number of carbonyl (C=O) groups is 1. The van der Waals surface area contributed by atoms with Gasteiger partial charge in [0.15, 0.2) is 0 Å². The van der Waals surface area contributed by atoms with Crippen LogP contribution in [0, 0.1) is 5.41 Å². The van der Waals surface area contributed by atoms with Gasteiger partial charge in [0.05, 0.1) is 0 Å². The van der Waals surface area contributed by atoms with Crippen molar-refractivity contribution in [2.45, 2.75) is 65.0 Å². The molecule has 0 saturated heterocycles. The third-order valence-corrected chi connectivity index (χ3v) is 3.63. The van der Waals surface area contributed by atoms with Gasteiger partial charge in [0.25, 0.3) is 0 Å². The van der Waals surface area contributed by atoms with Crippen LogP contribution in [0.4, 0.5) is 0 Å². The van der Waals surface area contributed by atoms with Gasteiger partial charge in [-0.25, -0.2) is 0 Å². The van der Waals surface area contributed by atoms with Crippen molar-refractivity contribution in [1.29, 1.82) is 0 Å². The molecule has 1 saturated carbocycles. The predicted octanol–water partition coefficient (Wildman–Crippen LogP) is 1.81. The molecule has 0 heterocycles. The number of nitrogens with one attached hydrogen (secondary N) is 1. The number of hydrogen-bond acceptors (Lipinski definition) is 2. The number of carbonyl (C=O) groups excluding carboxylic acids is 1. The Morgan fingerprint density at radius 2 is 2.00 bits per heavy atom. The van der Waals surface area contributed by atoms with Gasteiger partial charge in [0.2, 0.25) is 5.91 Å². The summed E-state index contributed by atoms with van der Waals surface area (Å²) < 4.78 is 0. The lowest BCUT2D eigenvalue weighted by molar-refractivity contribution is -0.130. The van der Waals surface area contributed by atoms with Crippen molar-refractivity contribution in [2.24, 2.45) is 11.1 Å². The molecule has 0 aromatic rings. The van der Waals surface area contributed by atoms with Crippen LogP contribution in [-0.4, -0.2) is 18.0 Å². The molecule has 2 atom stereocenters. The van der Waals surface area contributed by atoms with Crippen molar-refractivity contribution in [2.75, 3.05) is 0 Å². The molecule has 1 aliphatic carbocycles. The molecule has 3 nitrogen and oxygen atoms in total. The summed E-state index contributed by atoms with van der Waals surface area (Å²) in [5.41, 5.74) is 5.73. The topological polar surface area (TPSA) is 55.1 Å². The van der Waals surface area contributed by atoms with E-state index in [-0.39, 0.29) is 23.4 Å². The fourth-order valence-corrected chi connectivity index (χ4v) is 1.86. The van der Waals surface area contributed by atoms with E-state index in [9.17, 15) is 4.79 Å². The molecule has 3 heteroatoms. The van der Waals surface area contributed by atoms with E-state index in [1.165, 1.54) is 12.8 Å². The zero-order valence-corrected chi connectivity index (χ0v) is 10.2. The number of hydrogen-bond donors (Lipinski definition) is 2. The van der Waals surface area contributed by atoms with Crippen LogP contribution in [-0.2, 0) is 4.79 Å². The molecule has 1 rings (SSSR count). The Bertz CT molecular complexity index is 226. The van der Waals surface area contributed by atoms with Crippen LogP contribution in [0.1, 0.15) is 52.9 Å². The zero-order chi connectivity index (χ0) is 11.5. The van der Waals surface area contributed by atoms with Crippen molar-refractivity contribution in [3.05, 3.63) is 0 Å². The van der Waals surface area contributed by atoms with Gasteiger partial charge in [0.1, 0.15) is 0 Å². The average molecular weight is 212 g/mol. The lowest BCUT2D eigenvalue weighted by atomic mass is 9.86. The first-order chi connectivity index (χ1) is 6.97. The summed E-state index contributed by atoms with van der Waals surface area (Å²) in [6.07, 6.45) is 5.32. The molecule has 0 spiro atoms. The number of rotatable bonds is 3. The van der Waals surface area contributed by atoms with E-state index < -0.39 is 0 Å². The van der Waals surface area contributed by atoms with Crippen molar-refractivity contribution in [3.8, 4) is 0 Å². The quantitative estimate of drug-likeness (QED) is 0.749. The van der Waals surface area contributed by atoms with Gasteiger partial charge >= 0.3 is 0 Å². The lowest BCUT2D eigenvalue weighted by Crippen LogP contribution is -2.52. The minimum atomic E-state index is -0.267. The molecular formula is C12H24N2O. The smallest absolute Gasteiger partial charge is 0.225 e. The first-order valence-electron chi connectivity index (χ1n) is 6.04. The Morgan fingerprint density at radius 1 is 1.40 bits per heavy atom. The van der Waals surface area contributed by atoms with Gasteiger partial charge in [-0.3, -0.25) is 4.79 Å². The van der Waals surface area contributed by atoms with Crippen LogP contribution in [0.25, 0.3) is 0 Å². The van der Waals surface area contributed by atoms with E-state index in [1.54, 1.807) is 0 Å². The molecule has 1 fully saturated rings. The van der Waals surface area contributed by atoms with Gasteiger partial charge in [-0.2, -0.15) is 0 Å². The predicted molar refractivity (Wildman–Crippen MR) is 62.4 cm³/mol. The fraction of sp³-hybridized carbons (Fsp3) is 0.917. The monoisotopic (exact) mass is 212 g/mol. The molecule has 0 aromatic heterocycles. The fourth-order valence-electron chi connectivity index (χ4n) is 1.86. The van der Waals surface area contributed by atoms with E-state index in [4.69, 9.17) is 5.73 Å². The van der Waals surface area contributed by atoms with Crippen LogP contribution in [0.2, 0.25) is 0 Å². The van der Waals surface area contributed by atoms with Gasteiger partial charge < -0.3 is 11.1 Å².